The molecule has 0 amide bonds. The normalized spacial score (nSPS) is 19.6. The molecule has 0 aromatic heterocycles. The highest BCUT2D eigenvalue weighted by molar-refractivity contribution is 5.96. The van der Waals surface area contributed by atoms with E-state index in [1.54, 1.807) is 0 Å². The Hall–Kier alpha value is -0.970. The van der Waals surface area contributed by atoms with Crippen molar-refractivity contribution in [3.63, 3.8) is 0 Å². The molecule has 4 heteroatoms. The van der Waals surface area contributed by atoms with Gasteiger partial charge in [0.1, 0.15) is 0 Å². The van der Waals surface area contributed by atoms with Crippen LogP contribution in [0, 0.1) is 5.92 Å². The first-order chi connectivity index (χ1) is 9.56. The lowest BCUT2D eigenvalue weighted by Gasteiger charge is -2.34. The molecule has 4 nitrogen and oxygen atoms in total. The van der Waals surface area contributed by atoms with Gasteiger partial charge in [0.25, 0.3) is 0 Å². The smallest absolute Gasteiger partial charge is 0.0558 e. The van der Waals surface area contributed by atoms with Gasteiger partial charge >= 0.3 is 0 Å². The number of β-amino-alcohol motifs (C(OH)–C–C–N with tert-alkyl or cyclic N) is 1. The second kappa shape index (κ2) is 9.06. The second-order valence-corrected chi connectivity index (χ2v) is 5.73. The first-order valence-corrected chi connectivity index (χ1v) is 7.48. The highest BCUT2D eigenvalue weighted by Crippen LogP contribution is 2.06. The third-order valence-corrected chi connectivity index (χ3v) is 3.59. The summed E-state index contributed by atoms with van der Waals surface area (Å²) in [6.45, 7) is 16.4. The second-order valence-electron chi connectivity index (χ2n) is 5.73. The van der Waals surface area contributed by atoms with Crippen LogP contribution in [0.15, 0.2) is 29.4 Å². The van der Waals surface area contributed by atoms with E-state index in [0.717, 1.165) is 45.0 Å². The first-order valence-electron chi connectivity index (χ1n) is 7.48. The molecule has 0 aromatic rings. The number of aliphatic hydroxyl groups excluding tert-OH is 1. The van der Waals surface area contributed by atoms with Crippen LogP contribution in [0.25, 0.3) is 0 Å². The van der Waals surface area contributed by atoms with Crippen LogP contribution >= 0.6 is 0 Å². The number of rotatable bonds is 7. The number of hydrogen-bond acceptors (Lipinski definition) is 4. The predicted octanol–water partition coefficient (Wildman–Crippen LogP) is 1.78. The summed E-state index contributed by atoms with van der Waals surface area (Å²) in [5, 5.41) is 8.93. The Kier molecular flexibility index (Phi) is 7.73. The topological polar surface area (TPSA) is 39.1 Å². The molecule has 1 rings (SSSR count). The van der Waals surface area contributed by atoms with Gasteiger partial charge in [-0.1, -0.05) is 20.4 Å². The summed E-state index contributed by atoms with van der Waals surface area (Å²) in [4.78, 5) is 9.27. The maximum absolute atomic E-state index is 8.93. The standard InChI is InChI=1S/C16H29N3O/c1-5-16(14(2)3)17-12-15(4)13-19-8-6-18(7-9-19)10-11-20/h5,12,14,20H,1,6-11,13H2,2-4H3/b15-12+,17-16+. The number of piperazine rings is 1. The first kappa shape index (κ1) is 17.1. The molecule has 20 heavy (non-hydrogen) atoms. The molecular weight excluding hydrogens is 250 g/mol. The van der Waals surface area contributed by atoms with E-state index >= 15 is 0 Å². The van der Waals surface area contributed by atoms with Crippen molar-refractivity contribution in [1.29, 1.82) is 0 Å². The summed E-state index contributed by atoms with van der Waals surface area (Å²) in [7, 11) is 0. The van der Waals surface area contributed by atoms with Crippen LogP contribution in [0.1, 0.15) is 20.8 Å². The van der Waals surface area contributed by atoms with Crippen molar-refractivity contribution < 1.29 is 5.11 Å². The fourth-order valence-electron chi connectivity index (χ4n) is 2.33. The van der Waals surface area contributed by atoms with Gasteiger partial charge in [0.2, 0.25) is 0 Å². The number of hydrogen-bond donors (Lipinski definition) is 1. The summed E-state index contributed by atoms with van der Waals surface area (Å²) in [6.07, 6.45) is 3.80. The zero-order valence-corrected chi connectivity index (χ0v) is 13.2. The van der Waals surface area contributed by atoms with E-state index < -0.39 is 0 Å². The Morgan fingerprint density at radius 3 is 2.35 bits per heavy atom. The molecule has 1 aliphatic heterocycles. The number of nitrogens with zero attached hydrogens (tertiary/aromatic N) is 3. The highest BCUT2D eigenvalue weighted by Gasteiger charge is 2.15. The number of aliphatic hydroxyl groups is 1. The Morgan fingerprint density at radius 1 is 1.25 bits per heavy atom. The maximum atomic E-state index is 8.93. The third-order valence-electron chi connectivity index (χ3n) is 3.59. The Morgan fingerprint density at radius 2 is 1.85 bits per heavy atom. The molecule has 0 spiro atoms. The van der Waals surface area contributed by atoms with Gasteiger partial charge in [-0.2, -0.15) is 0 Å². The largest absolute Gasteiger partial charge is 0.395 e. The molecule has 0 atom stereocenters. The number of aliphatic imine (C=N–C) groups is 1. The molecule has 1 N–H and O–H groups in total. The van der Waals surface area contributed by atoms with Gasteiger partial charge in [0.05, 0.1) is 6.61 Å². The molecule has 0 saturated carbocycles. The lowest BCUT2D eigenvalue weighted by Crippen LogP contribution is -2.47. The van der Waals surface area contributed by atoms with Gasteiger partial charge in [-0.3, -0.25) is 14.8 Å². The monoisotopic (exact) mass is 279 g/mol. The minimum atomic E-state index is 0.257. The minimum absolute atomic E-state index is 0.257. The van der Waals surface area contributed by atoms with Crippen molar-refractivity contribution in [3.05, 3.63) is 24.4 Å². The molecule has 1 fully saturated rings. The van der Waals surface area contributed by atoms with Crippen molar-refractivity contribution in [3.8, 4) is 0 Å². The van der Waals surface area contributed by atoms with Crippen molar-refractivity contribution in [1.82, 2.24) is 9.80 Å². The van der Waals surface area contributed by atoms with Crippen LogP contribution in [-0.4, -0.2) is 66.5 Å². The van der Waals surface area contributed by atoms with E-state index in [0.29, 0.717) is 5.92 Å². The Labute approximate surface area is 123 Å². The minimum Gasteiger partial charge on any atom is -0.395 e. The van der Waals surface area contributed by atoms with E-state index in [1.807, 2.05) is 12.3 Å². The van der Waals surface area contributed by atoms with Gasteiger partial charge in [0, 0.05) is 51.2 Å². The molecule has 0 bridgehead atoms. The van der Waals surface area contributed by atoms with Gasteiger partial charge in [0.15, 0.2) is 0 Å². The summed E-state index contributed by atoms with van der Waals surface area (Å²) in [5.74, 6) is 0.415. The molecule has 1 saturated heterocycles. The van der Waals surface area contributed by atoms with Crippen molar-refractivity contribution in [2.75, 3.05) is 45.9 Å². The number of allylic oxidation sites excluding steroid dienone is 1. The van der Waals surface area contributed by atoms with E-state index in [1.165, 1.54) is 5.57 Å². The third kappa shape index (κ3) is 5.99. The summed E-state index contributed by atoms with van der Waals surface area (Å²) in [6, 6.07) is 0. The fourth-order valence-corrected chi connectivity index (χ4v) is 2.33. The molecule has 0 unspecified atom stereocenters. The average Bonchev–Trinajstić information content (AvgIpc) is 2.41. The molecule has 114 valence electrons. The zero-order chi connectivity index (χ0) is 15.0. The van der Waals surface area contributed by atoms with Gasteiger partial charge in [-0.15, -0.1) is 0 Å². The fraction of sp³-hybridized carbons (Fsp3) is 0.688. The van der Waals surface area contributed by atoms with E-state index in [4.69, 9.17) is 5.11 Å². The molecule has 0 aliphatic carbocycles. The molecule has 0 aromatic carbocycles. The van der Waals surface area contributed by atoms with Gasteiger partial charge < -0.3 is 5.11 Å². The van der Waals surface area contributed by atoms with E-state index in [2.05, 4.69) is 42.1 Å². The van der Waals surface area contributed by atoms with Crippen molar-refractivity contribution >= 4 is 5.71 Å². The Bertz CT molecular complexity index is 353. The van der Waals surface area contributed by atoms with Gasteiger partial charge in [-0.25, -0.2) is 0 Å². The van der Waals surface area contributed by atoms with E-state index in [-0.39, 0.29) is 6.61 Å². The molecule has 0 radical (unpaired) electrons. The molecule has 1 heterocycles. The van der Waals surface area contributed by atoms with Crippen LogP contribution in [0.2, 0.25) is 0 Å². The Balaban J connectivity index is 2.43. The summed E-state index contributed by atoms with van der Waals surface area (Å²) < 4.78 is 0. The quantitative estimate of drug-likeness (QED) is 0.722. The van der Waals surface area contributed by atoms with Gasteiger partial charge in [-0.05, 0) is 24.5 Å². The molecule has 1 aliphatic rings. The lowest BCUT2D eigenvalue weighted by molar-refractivity contribution is 0.118. The molecular formula is C16H29N3O. The van der Waals surface area contributed by atoms with Crippen LogP contribution in [0.5, 0.6) is 0 Å². The zero-order valence-electron chi connectivity index (χ0n) is 13.2. The predicted molar refractivity (Wildman–Crippen MR) is 86.2 cm³/mol. The van der Waals surface area contributed by atoms with Crippen LogP contribution in [0.3, 0.4) is 0 Å². The highest BCUT2D eigenvalue weighted by atomic mass is 16.3. The van der Waals surface area contributed by atoms with Crippen LogP contribution in [-0.2, 0) is 0 Å². The lowest BCUT2D eigenvalue weighted by atomic mass is 10.1. The van der Waals surface area contributed by atoms with Crippen molar-refractivity contribution in [2.45, 2.75) is 20.8 Å². The average molecular weight is 279 g/mol. The summed E-state index contributed by atoms with van der Waals surface area (Å²) in [5.41, 5.74) is 2.32. The van der Waals surface area contributed by atoms with Crippen molar-refractivity contribution in [2.24, 2.45) is 10.9 Å². The summed E-state index contributed by atoms with van der Waals surface area (Å²) >= 11 is 0. The van der Waals surface area contributed by atoms with E-state index in [9.17, 15) is 0 Å². The van der Waals surface area contributed by atoms with Crippen LogP contribution in [0.4, 0.5) is 0 Å². The SMILES string of the molecule is C=C/C(=N\C=C(/C)CN1CCN(CCO)CC1)C(C)C. The maximum Gasteiger partial charge on any atom is 0.0558 e. The van der Waals surface area contributed by atoms with Crippen LogP contribution < -0.4 is 0 Å².